The Morgan fingerprint density at radius 2 is 2.05 bits per heavy atom. The molecule has 1 aromatic carbocycles. The predicted molar refractivity (Wildman–Crippen MR) is 82.3 cm³/mol. The summed E-state index contributed by atoms with van der Waals surface area (Å²) in [5.74, 6) is 1.54. The molecular formula is C14H17N3O4S. The molecular weight excluding hydrogens is 306 g/mol. The Morgan fingerprint density at radius 1 is 1.27 bits per heavy atom. The maximum Gasteiger partial charge on any atom is 0.318 e. The van der Waals surface area contributed by atoms with E-state index < -0.39 is 0 Å². The molecule has 0 amide bonds. The molecule has 118 valence electrons. The van der Waals surface area contributed by atoms with Crippen molar-refractivity contribution in [1.29, 1.82) is 0 Å². The summed E-state index contributed by atoms with van der Waals surface area (Å²) < 4.78 is 15.2. The van der Waals surface area contributed by atoms with Crippen molar-refractivity contribution >= 4 is 17.7 Å². The third kappa shape index (κ3) is 3.51. The summed E-state index contributed by atoms with van der Waals surface area (Å²) in [6.07, 6.45) is 0. The number of aromatic nitrogens is 3. The van der Waals surface area contributed by atoms with E-state index in [0.717, 1.165) is 5.56 Å². The van der Waals surface area contributed by atoms with E-state index in [-0.39, 0.29) is 11.2 Å². The van der Waals surface area contributed by atoms with E-state index in [4.69, 9.17) is 9.47 Å². The van der Waals surface area contributed by atoms with Gasteiger partial charge < -0.3 is 14.2 Å². The maximum atomic E-state index is 11.4. The Kier molecular flexibility index (Phi) is 5.26. The smallest absolute Gasteiger partial charge is 0.318 e. The number of methoxy groups -OCH3 is 3. The van der Waals surface area contributed by atoms with Gasteiger partial charge in [0.05, 0.1) is 26.9 Å². The van der Waals surface area contributed by atoms with Gasteiger partial charge in [-0.2, -0.15) is 0 Å². The summed E-state index contributed by atoms with van der Waals surface area (Å²) in [6.45, 7) is 1.74. The van der Waals surface area contributed by atoms with E-state index in [1.165, 1.54) is 18.9 Å². The summed E-state index contributed by atoms with van der Waals surface area (Å²) in [7, 11) is 4.51. The number of esters is 1. The van der Waals surface area contributed by atoms with Crippen LogP contribution in [0.3, 0.4) is 0 Å². The highest BCUT2D eigenvalue weighted by molar-refractivity contribution is 8.00. The van der Waals surface area contributed by atoms with Crippen molar-refractivity contribution < 1.29 is 19.0 Å². The monoisotopic (exact) mass is 323 g/mol. The zero-order valence-electron chi connectivity index (χ0n) is 12.7. The quantitative estimate of drug-likeness (QED) is 0.644. The zero-order valence-corrected chi connectivity index (χ0v) is 13.6. The SMILES string of the molecule is COC(=O)[C@@H](C)Sc1n[nH]c(-c2ccc(OC)cc2OC)n1. The van der Waals surface area contributed by atoms with Crippen molar-refractivity contribution in [1.82, 2.24) is 15.2 Å². The first-order chi connectivity index (χ1) is 10.6. The average Bonchev–Trinajstić information content (AvgIpc) is 3.01. The van der Waals surface area contributed by atoms with E-state index in [9.17, 15) is 4.79 Å². The molecule has 0 aliphatic rings. The number of nitrogens with zero attached hydrogens (tertiary/aromatic N) is 2. The largest absolute Gasteiger partial charge is 0.497 e. The fraction of sp³-hybridized carbons (Fsp3) is 0.357. The van der Waals surface area contributed by atoms with E-state index >= 15 is 0 Å². The second-order valence-corrected chi connectivity index (χ2v) is 5.62. The number of carbonyl (C=O) groups is 1. The van der Waals surface area contributed by atoms with Crippen molar-refractivity contribution in [3.8, 4) is 22.9 Å². The van der Waals surface area contributed by atoms with Gasteiger partial charge in [0, 0.05) is 6.07 Å². The van der Waals surface area contributed by atoms with Gasteiger partial charge in [-0.05, 0) is 19.1 Å². The highest BCUT2D eigenvalue weighted by Gasteiger charge is 2.18. The number of rotatable bonds is 6. The van der Waals surface area contributed by atoms with E-state index in [2.05, 4.69) is 19.9 Å². The van der Waals surface area contributed by atoms with Crippen molar-refractivity contribution in [2.75, 3.05) is 21.3 Å². The minimum absolute atomic E-state index is 0.321. The zero-order chi connectivity index (χ0) is 16.1. The van der Waals surface area contributed by atoms with E-state index in [1.54, 1.807) is 27.2 Å². The fourth-order valence-corrected chi connectivity index (χ4v) is 2.54. The van der Waals surface area contributed by atoms with Gasteiger partial charge in [0.2, 0.25) is 5.16 Å². The van der Waals surface area contributed by atoms with E-state index in [1.807, 2.05) is 12.1 Å². The molecule has 0 spiro atoms. The number of ether oxygens (including phenoxy) is 3. The first kappa shape index (κ1) is 16.2. The number of aromatic amines is 1. The molecule has 7 nitrogen and oxygen atoms in total. The number of hydrogen-bond donors (Lipinski definition) is 1. The lowest BCUT2D eigenvalue weighted by molar-refractivity contribution is -0.139. The number of nitrogens with one attached hydrogen (secondary N) is 1. The molecule has 1 aromatic heterocycles. The molecule has 2 rings (SSSR count). The highest BCUT2D eigenvalue weighted by atomic mass is 32.2. The molecule has 2 aromatic rings. The van der Waals surface area contributed by atoms with Crippen LogP contribution in [-0.4, -0.2) is 47.7 Å². The molecule has 8 heteroatoms. The lowest BCUT2D eigenvalue weighted by Crippen LogP contribution is -2.14. The number of carbonyl (C=O) groups excluding carboxylic acids is 1. The first-order valence-corrected chi connectivity index (χ1v) is 7.36. The van der Waals surface area contributed by atoms with Gasteiger partial charge in [0.15, 0.2) is 5.82 Å². The van der Waals surface area contributed by atoms with Gasteiger partial charge in [0.1, 0.15) is 16.7 Å². The Bertz CT molecular complexity index is 659. The minimum atomic E-state index is -0.383. The van der Waals surface area contributed by atoms with Crippen LogP contribution >= 0.6 is 11.8 Å². The standard InChI is InChI=1S/C14H17N3O4S/c1-8(13(18)21-4)22-14-15-12(16-17-14)10-6-5-9(19-2)7-11(10)20-3/h5-8H,1-4H3,(H,15,16,17)/t8-/m1/s1. The number of H-pyrrole nitrogens is 1. The average molecular weight is 323 g/mol. The van der Waals surface area contributed by atoms with Crippen LogP contribution < -0.4 is 9.47 Å². The van der Waals surface area contributed by atoms with Crippen molar-refractivity contribution in [2.45, 2.75) is 17.3 Å². The summed E-state index contributed by atoms with van der Waals surface area (Å²) in [6, 6.07) is 5.41. The fourth-order valence-electron chi connectivity index (χ4n) is 1.79. The Labute approximate surface area is 132 Å². The Morgan fingerprint density at radius 3 is 2.68 bits per heavy atom. The molecule has 0 fully saturated rings. The molecule has 1 atom stereocenters. The topological polar surface area (TPSA) is 86.3 Å². The summed E-state index contributed by atoms with van der Waals surface area (Å²) in [5, 5.41) is 7.02. The normalized spacial score (nSPS) is 11.8. The van der Waals surface area contributed by atoms with Crippen LogP contribution in [0.5, 0.6) is 11.5 Å². The van der Waals surface area contributed by atoms with Crippen LogP contribution in [-0.2, 0) is 9.53 Å². The number of hydrogen-bond acceptors (Lipinski definition) is 7. The third-order valence-electron chi connectivity index (χ3n) is 2.94. The third-order valence-corrected chi connectivity index (χ3v) is 3.88. The summed E-state index contributed by atoms with van der Waals surface area (Å²) in [5.41, 5.74) is 0.758. The minimum Gasteiger partial charge on any atom is -0.497 e. The van der Waals surface area contributed by atoms with Crippen LogP contribution in [0.2, 0.25) is 0 Å². The molecule has 0 aliphatic heterocycles. The van der Waals surface area contributed by atoms with Crippen molar-refractivity contribution in [2.24, 2.45) is 0 Å². The Balaban J connectivity index is 2.23. The lowest BCUT2D eigenvalue weighted by atomic mass is 10.2. The van der Waals surface area contributed by atoms with Gasteiger partial charge in [-0.1, -0.05) is 11.8 Å². The summed E-state index contributed by atoms with van der Waals surface area (Å²) in [4.78, 5) is 15.8. The molecule has 0 aliphatic carbocycles. The van der Waals surface area contributed by atoms with Crippen LogP contribution in [0.15, 0.2) is 23.4 Å². The van der Waals surface area contributed by atoms with Crippen LogP contribution in [0, 0.1) is 0 Å². The maximum absolute atomic E-state index is 11.4. The molecule has 0 unspecified atom stereocenters. The summed E-state index contributed by atoms with van der Waals surface area (Å²) >= 11 is 1.22. The lowest BCUT2D eigenvalue weighted by Gasteiger charge is -2.08. The van der Waals surface area contributed by atoms with Crippen LogP contribution in [0.4, 0.5) is 0 Å². The predicted octanol–water partition coefficient (Wildman–Crippen LogP) is 2.14. The van der Waals surface area contributed by atoms with Crippen LogP contribution in [0.25, 0.3) is 11.4 Å². The molecule has 1 heterocycles. The highest BCUT2D eigenvalue weighted by Crippen LogP contribution is 2.32. The molecule has 1 N–H and O–H groups in total. The van der Waals surface area contributed by atoms with Crippen molar-refractivity contribution in [3.05, 3.63) is 18.2 Å². The Hall–Kier alpha value is -2.22. The van der Waals surface area contributed by atoms with Gasteiger partial charge in [0.25, 0.3) is 0 Å². The molecule has 0 saturated heterocycles. The second-order valence-electron chi connectivity index (χ2n) is 4.32. The van der Waals surface area contributed by atoms with Gasteiger partial charge in [-0.25, -0.2) is 4.98 Å². The van der Waals surface area contributed by atoms with Crippen molar-refractivity contribution in [3.63, 3.8) is 0 Å². The molecule has 0 bridgehead atoms. The first-order valence-electron chi connectivity index (χ1n) is 6.48. The van der Waals surface area contributed by atoms with E-state index in [0.29, 0.717) is 22.5 Å². The molecule has 22 heavy (non-hydrogen) atoms. The number of thioether (sulfide) groups is 1. The van der Waals surface area contributed by atoms with Gasteiger partial charge in [-0.15, -0.1) is 5.10 Å². The molecule has 0 saturated carbocycles. The second kappa shape index (κ2) is 7.17. The molecule has 0 radical (unpaired) electrons. The van der Waals surface area contributed by atoms with Crippen LogP contribution in [0.1, 0.15) is 6.92 Å². The van der Waals surface area contributed by atoms with Gasteiger partial charge >= 0.3 is 5.97 Å². The van der Waals surface area contributed by atoms with Gasteiger partial charge in [-0.3, -0.25) is 9.89 Å². The number of benzene rings is 1.